The lowest BCUT2D eigenvalue weighted by Crippen LogP contribution is -2.38. The monoisotopic (exact) mass is 210 g/mol. The molecule has 1 amide bonds. The minimum absolute atomic E-state index is 0.0831. The van der Waals surface area contributed by atoms with Gasteiger partial charge in [-0.25, -0.2) is 0 Å². The van der Waals surface area contributed by atoms with Gasteiger partial charge in [0.15, 0.2) is 0 Å². The molecule has 0 bridgehead atoms. The van der Waals surface area contributed by atoms with Crippen molar-refractivity contribution in [3.63, 3.8) is 0 Å². The van der Waals surface area contributed by atoms with Crippen molar-refractivity contribution in [2.45, 2.75) is 38.6 Å². The second-order valence-corrected chi connectivity index (χ2v) is 5.33. The molecule has 0 aromatic carbocycles. The Hall–Kier alpha value is -0.570. The molecule has 3 heteroatoms. The first kappa shape index (κ1) is 10.9. The third-order valence-corrected chi connectivity index (χ3v) is 3.88. The molecule has 2 fully saturated rings. The van der Waals surface area contributed by atoms with E-state index in [1.165, 1.54) is 25.7 Å². The molecule has 0 saturated heterocycles. The summed E-state index contributed by atoms with van der Waals surface area (Å²) in [7, 11) is 1.88. The third-order valence-electron chi connectivity index (χ3n) is 3.88. The first-order valence-corrected chi connectivity index (χ1v) is 6.12. The highest BCUT2D eigenvalue weighted by atomic mass is 16.2. The second kappa shape index (κ2) is 4.12. The molecule has 0 aliphatic heterocycles. The van der Waals surface area contributed by atoms with E-state index < -0.39 is 0 Å². The summed E-state index contributed by atoms with van der Waals surface area (Å²) < 4.78 is 0. The number of hydrogen-bond acceptors (Lipinski definition) is 2. The molecular formula is C12H22N2O. The Labute approximate surface area is 92.0 Å². The van der Waals surface area contributed by atoms with E-state index in [4.69, 9.17) is 5.73 Å². The summed E-state index contributed by atoms with van der Waals surface area (Å²) >= 11 is 0. The average Bonchev–Trinajstić information content (AvgIpc) is 2.89. The van der Waals surface area contributed by atoms with Gasteiger partial charge in [-0.3, -0.25) is 4.79 Å². The normalized spacial score (nSPS) is 35.5. The first-order valence-electron chi connectivity index (χ1n) is 6.12. The van der Waals surface area contributed by atoms with Gasteiger partial charge in [0.1, 0.15) is 0 Å². The van der Waals surface area contributed by atoms with Crippen molar-refractivity contribution in [1.29, 1.82) is 0 Å². The number of amides is 1. The van der Waals surface area contributed by atoms with Crippen LogP contribution >= 0.6 is 0 Å². The van der Waals surface area contributed by atoms with Crippen LogP contribution < -0.4 is 5.73 Å². The Morgan fingerprint density at radius 2 is 1.93 bits per heavy atom. The molecule has 2 aliphatic rings. The predicted octanol–water partition coefficient (Wildman–Crippen LogP) is 1.23. The standard InChI is InChI=1S/C12H22N2O/c1-8(13)7-14(2)12(15)11-9-5-3-4-6-10(9)11/h8-11H,3-7,13H2,1-2H3. The van der Waals surface area contributed by atoms with Gasteiger partial charge in [-0.05, 0) is 31.6 Å². The van der Waals surface area contributed by atoms with Gasteiger partial charge in [0.25, 0.3) is 0 Å². The van der Waals surface area contributed by atoms with Gasteiger partial charge in [0, 0.05) is 25.6 Å². The molecule has 0 aromatic heterocycles. The maximum Gasteiger partial charge on any atom is 0.226 e. The fourth-order valence-electron chi connectivity index (χ4n) is 3.14. The van der Waals surface area contributed by atoms with Gasteiger partial charge in [-0.2, -0.15) is 0 Å². The number of rotatable bonds is 3. The summed E-state index contributed by atoms with van der Waals surface area (Å²) in [4.78, 5) is 13.9. The number of fused-ring (bicyclic) bond motifs is 1. The van der Waals surface area contributed by atoms with Crippen molar-refractivity contribution in [1.82, 2.24) is 4.90 Å². The van der Waals surface area contributed by atoms with Gasteiger partial charge in [0.2, 0.25) is 5.91 Å². The largest absolute Gasteiger partial charge is 0.344 e. The number of hydrogen-bond donors (Lipinski definition) is 1. The third kappa shape index (κ3) is 2.17. The summed E-state index contributed by atoms with van der Waals surface area (Å²) in [6, 6.07) is 0.0831. The van der Waals surface area contributed by atoms with Crippen LogP contribution in [0.25, 0.3) is 0 Å². The highest BCUT2D eigenvalue weighted by Crippen LogP contribution is 2.55. The van der Waals surface area contributed by atoms with Crippen LogP contribution in [0.15, 0.2) is 0 Å². The highest BCUT2D eigenvalue weighted by Gasteiger charge is 2.55. The number of likely N-dealkylation sites (N-methyl/N-ethyl adjacent to an activating group) is 1. The molecule has 0 aromatic rings. The predicted molar refractivity (Wildman–Crippen MR) is 60.2 cm³/mol. The van der Waals surface area contributed by atoms with Gasteiger partial charge in [-0.1, -0.05) is 12.8 Å². The smallest absolute Gasteiger partial charge is 0.226 e. The van der Waals surface area contributed by atoms with E-state index in [9.17, 15) is 4.79 Å². The zero-order valence-electron chi connectivity index (χ0n) is 9.78. The molecule has 2 saturated carbocycles. The van der Waals surface area contributed by atoms with Crippen LogP contribution in [0.5, 0.6) is 0 Å². The quantitative estimate of drug-likeness (QED) is 0.761. The fourth-order valence-corrected chi connectivity index (χ4v) is 3.14. The maximum absolute atomic E-state index is 12.1. The summed E-state index contributed by atoms with van der Waals surface area (Å²) in [5.41, 5.74) is 5.70. The molecule has 3 atom stereocenters. The topological polar surface area (TPSA) is 46.3 Å². The van der Waals surface area contributed by atoms with E-state index in [1.54, 1.807) is 0 Å². The van der Waals surface area contributed by atoms with Crippen molar-refractivity contribution in [2.24, 2.45) is 23.5 Å². The van der Waals surface area contributed by atoms with Crippen LogP contribution in [0.3, 0.4) is 0 Å². The Kier molecular flexibility index (Phi) is 3.01. The maximum atomic E-state index is 12.1. The van der Waals surface area contributed by atoms with Crippen LogP contribution in [0.2, 0.25) is 0 Å². The summed E-state index contributed by atoms with van der Waals surface area (Å²) in [5.74, 6) is 2.10. The van der Waals surface area contributed by atoms with E-state index in [-0.39, 0.29) is 6.04 Å². The van der Waals surface area contributed by atoms with Crippen molar-refractivity contribution >= 4 is 5.91 Å². The molecule has 2 rings (SSSR count). The minimum atomic E-state index is 0.0831. The molecule has 86 valence electrons. The first-order chi connectivity index (χ1) is 7.11. The van der Waals surface area contributed by atoms with Crippen molar-refractivity contribution in [3.05, 3.63) is 0 Å². The Balaban J connectivity index is 1.86. The van der Waals surface area contributed by atoms with E-state index in [0.717, 1.165) is 0 Å². The Morgan fingerprint density at radius 3 is 2.40 bits per heavy atom. The molecular weight excluding hydrogens is 188 g/mol. The van der Waals surface area contributed by atoms with E-state index in [1.807, 2.05) is 18.9 Å². The van der Waals surface area contributed by atoms with Crippen LogP contribution in [0.4, 0.5) is 0 Å². The molecule has 3 unspecified atom stereocenters. The summed E-state index contributed by atoms with van der Waals surface area (Å²) in [5, 5.41) is 0. The minimum Gasteiger partial charge on any atom is -0.344 e. The van der Waals surface area contributed by atoms with E-state index in [2.05, 4.69) is 0 Å². The van der Waals surface area contributed by atoms with Gasteiger partial charge in [0.05, 0.1) is 0 Å². The molecule has 2 aliphatic carbocycles. The van der Waals surface area contributed by atoms with Gasteiger partial charge < -0.3 is 10.6 Å². The molecule has 0 radical (unpaired) electrons. The summed E-state index contributed by atoms with van der Waals surface area (Å²) in [6.45, 7) is 2.64. The number of carbonyl (C=O) groups excluding carboxylic acids is 1. The number of carbonyl (C=O) groups is 1. The second-order valence-electron chi connectivity index (χ2n) is 5.33. The van der Waals surface area contributed by atoms with Crippen molar-refractivity contribution in [3.8, 4) is 0 Å². The summed E-state index contributed by atoms with van der Waals surface area (Å²) in [6.07, 6.45) is 5.18. The van der Waals surface area contributed by atoms with Crippen LogP contribution in [0, 0.1) is 17.8 Å². The fraction of sp³-hybridized carbons (Fsp3) is 0.917. The lowest BCUT2D eigenvalue weighted by molar-refractivity contribution is -0.132. The van der Waals surface area contributed by atoms with Crippen molar-refractivity contribution < 1.29 is 4.79 Å². The van der Waals surface area contributed by atoms with Crippen LogP contribution in [-0.2, 0) is 4.79 Å². The van der Waals surface area contributed by atoms with Gasteiger partial charge >= 0.3 is 0 Å². The molecule has 15 heavy (non-hydrogen) atoms. The molecule has 0 spiro atoms. The highest BCUT2D eigenvalue weighted by molar-refractivity contribution is 5.82. The van der Waals surface area contributed by atoms with Gasteiger partial charge in [-0.15, -0.1) is 0 Å². The number of nitrogens with two attached hydrogens (primary N) is 1. The molecule has 0 heterocycles. The zero-order chi connectivity index (χ0) is 11.0. The Bertz CT molecular complexity index is 240. The van der Waals surface area contributed by atoms with Crippen molar-refractivity contribution in [2.75, 3.05) is 13.6 Å². The lowest BCUT2D eigenvalue weighted by Gasteiger charge is -2.19. The Morgan fingerprint density at radius 1 is 1.40 bits per heavy atom. The lowest BCUT2D eigenvalue weighted by atomic mass is 10.0. The number of nitrogens with zero attached hydrogens (tertiary/aromatic N) is 1. The van der Waals surface area contributed by atoms with Crippen LogP contribution in [0.1, 0.15) is 32.6 Å². The molecule has 2 N–H and O–H groups in total. The van der Waals surface area contributed by atoms with E-state index in [0.29, 0.717) is 30.2 Å². The van der Waals surface area contributed by atoms with Crippen LogP contribution in [-0.4, -0.2) is 30.4 Å². The molecule has 3 nitrogen and oxygen atoms in total. The SMILES string of the molecule is CC(N)CN(C)C(=O)C1C2CCCCC21. The van der Waals surface area contributed by atoms with E-state index >= 15 is 0 Å². The average molecular weight is 210 g/mol. The zero-order valence-corrected chi connectivity index (χ0v) is 9.78.